The standard InChI is InChI=1S/C23H23BrN4O4/c1-14-4-2-5-17(10-14)26-21(29)20-12-15-11-16(24)7-8-19(15)28(20)27-23(31)22(30)25-13-18-6-3-9-32-18/h2,4-5,7-8,10-12,18H,3,6,9,13H2,1H3,(H,25,30)(H,26,29)(H,27,31)/t18-/m1/s1. The van der Waals surface area contributed by atoms with Crippen molar-refractivity contribution in [3.63, 3.8) is 0 Å². The summed E-state index contributed by atoms with van der Waals surface area (Å²) in [5.74, 6) is -2.07. The zero-order valence-corrected chi connectivity index (χ0v) is 19.1. The molecule has 3 aromatic rings. The van der Waals surface area contributed by atoms with Gasteiger partial charge in [-0.25, -0.2) is 4.68 Å². The van der Waals surface area contributed by atoms with Crippen molar-refractivity contribution >= 4 is 50.2 Å². The van der Waals surface area contributed by atoms with Crippen molar-refractivity contribution in [3.05, 3.63) is 64.3 Å². The van der Waals surface area contributed by atoms with E-state index in [-0.39, 0.29) is 18.3 Å². The summed E-state index contributed by atoms with van der Waals surface area (Å²) in [6.45, 7) is 2.86. The molecule has 1 aliphatic rings. The van der Waals surface area contributed by atoms with Crippen LogP contribution in [0.25, 0.3) is 10.9 Å². The Labute approximate surface area is 193 Å². The molecule has 0 bridgehead atoms. The Hall–Kier alpha value is -3.17. The van der Waals surface area contributed by atoms with Crippen LogP contribution >= 0.6 is 15.9 Å². The van der Waals surface area contributed by atoms with E-state index in [9.17, 15) is 14.4 Å². The summed E-state index contributed by atoms with van der Waals surface area (Å²) >= 11 is 3.42. The number of hydrogen-bond acceptors (Lipinski definition) is 4. The van der Waals surface area contributed by atoms with E-state index in [1.807, 2.05) is 31.2 Å². The summed E-state index contributed by atoms with van der Waals surface area (Å²) in [5.41, 5.74) is 4.97. The van der Waals surface area contributed by atoms with Crippen LogP contribution in [0.2, 0.25) is 0 Å². The van der Waals surface area contributed by atoms with Crippen LogP contribution in [0.3, 0.4) is 0 Å². The molecule has 1 atom stereocenters. The Morgan fingerprint density at radius 1 is 1.12 bits per heavy atom. The largest absolute Gasteiger partial charge is 0.376 e. The summed E-state index contributed by atoms with van der Waals surface area (Å²) in [6, 6.07) is 14.5. The molecule has 4 rings (SSSR count). The molecule has 1 saturated heterocycles. The molecular formula is C23H23BrN4O4. The second-order valence-corrected chi connectivity index (χ2v) is 8.59. The van der Waals surface area contributed by atoms with Gasteiger partial charge in [0, 0.05) is 28.7 Å². The van der Waals surface area contributed by atoms with Gasteiger partial charge in [-0.1, -0.05) is 28.1 Å². The quantitative estimate of drug-likeness (QED) is 0.469. The van der Waals surface area contributed by atoms with Crippen LogP contribution in [-0.2, 0) is 14.3 Å². The van der Waals surface area contributed by atoms with Crippen molar-refractivity contribution in [2.75, 3.05) is 23.9 Å². The molecule has 2 aromatic carbocycles. The number of rotatable bonds is 5. The molecule has 0 unspecified atom stereocenters. The predicted molar refractivity (Wildman–Crippen MR) is 125 cm³/mol. The van der Waals surface area contributed by atoms with Gasteiger partial charge in [-0.2, -0.15) is 0 Å². The molecule has 8 nitrogen and oxygen atoms in total. The van der Waals surface area contributed by atoms with Gasteiger partial charge in [0.15, 0.2) is 0 Å². The number of nitrogens with zero attached hydrogens (tertiary/aromatic N) is 1. The number of fused-ring (bicyclic) bond motifs is 1. The minimum atomic E-state index is -0.868. The molecule has 9 heteroatoms. The van der Waals surface area contributed by atoms with Crippen molar-refractivity contribution in [3.8, 4) is 0 Å². The van der Waals surface area contributed by atoms with Gasteiger partial charge in [-0.05, 0) is 61.7 Å². The van der Waals surface area contributed by atoms with E-state index in [1.165, 1.54) is 4.68 Å². The Balaban J connectivity index is 1.56. The maximum atomic E-state index is 13.0. The Morgan fingerprint density at radius 3 is 2.72 bits per heavy atom. The number of amides is 3. The fourth-order valence-electron chi connectivity index (χ4n) is 3.64. The molecule has 32 heavy (non-hydrogen) atoms. The number of halogens is 1. The summed E-state index contributed by atoms with van der Waals surface area (Å²) in [6.07, 6.45) is 1.71. The first-order valence-electron chi connectivity index (χ1n) is 10.3. The maximum absolute atomic E-state index is 13.0. The van der Waals surface area contributed by atoms with Crippen LogP contribution in [0.15, 0.2) is 53.0 Å². The molecular weight excluding hydrogens is 476 g/mol. The smallest absolute Gasteiger partial charge is 0.328 e. The van der Waals surface area contributed by atoms with Crippen molar-refractivity contribution in [2.45, 2.75) is 25.9 Å². The van der Waals surface area contributed by atoms with E-state index in [0.717, 1.165) is 28.3 Å². The van der Waals surface area contributed by atoms with Crippen molar-refractivity contribution < 1.29 is 19.1 Å². The number of hydrogen-bond donors (Lipinski definition) is 3. The number of aryl methyl sites for hydroxylation is 1. The van der Waals surface area contributed by atoms with Crippen LogP contribution in [0.5, 0.6) is 0 Å². The molecule has 2 heterocycles. The van der Waals surface area contributed by atoms with Gasteiger partial charge in [0.05, 0.1) is 11.6 Å². The van der Waals surface area contributed by atoms with Gasteiger partial charge < -0.3 is 15.4 Å². The normalized spacial score (nSPS) is 15.5. The molecule has 166 valence electrons. The van der Waals surface area contributed by atoms with Crippen molar-refractivity contribution in [1.29, 1.82) is 0 Å². The van der Waals surface area contributed by atoms with E-state index < -0.39 is 17.7 Å². The van der Waals surface area contributed by atoms with Gasteiger partial charge in [0.2, 0.25) is 0 Å². The topological polar surface area (TPSA) is 101 Å². The van der Waals surface area contributed by atoms with Crippen LogP contribution in [0.4, 0.5) is 5.69 Å². The average molecular weight is 499 g/mol. The molecule has 3 amide bonds. The van der Waals surface area contributed by atoms with Gasteiger partial charge in [-0.3, -0.25) is 19.8 Å². The highest BCUT2D eigenvalue weighted by Crippen LogP contribution is 2.24. The summed E-state index contributed by atoms with van der Waals surface area (Å²) in [5, 5.41) is 6.16. The number of carbonyl (C=O) groups excluding carboxylic acids is 3. The number of ether oxygens (including phenoxy) is 1. The monoisotopic (exact) mass is 498 g/mol. The third-order valence-corrected chi connectivity index (χ3v) is 5.70. The molecule has 0 radical (unpaired) electrons. The number of aromatic nitrogens is 1. The predicted octanol–water partition coefficient (Wildman–Crippen LogP) is 3.33. The first-order valence-corrected chi connectivity index (χ1v) is 11.1. The second-order valence-electron chi connectivity index (χ2n) is 7.68. The van der Waals surface area contributed by atoms with Gasteiger partial charge in [0.1, 0.15) is 5.69 Å². The average Bonchev–Trinajstić information content (AvgIpc) is 3.40. The van der Waals surface area contributed by atoms with E-state index >= 15 is 0 Å². The molecule has 0 spiro atoms. The Bertz CT molecular complexity index is 1180. The van der Waals surface area contributed by atoms with E-state index in [2.05, 4.69) is 32.0 Å². The lowest BCUT2D eigenvalue weighted by Gasteiger charge is -2.14. The number of nitrogens with one attached hydrogen (secondary N) is 3. The number of benzene rings is 2. The lowest BCUT2D eigenvalue weighted by molar-refractivity contribution is -0.136. The van der Waals surface area contributed by atoms with Gasteiger partial charge in [0.25, 0.3) is 5.91 Å². The third kappa shape index (κ3) is 5.00. The van der Waals surface area contributed by atoms with Gasteiger partial charge in [-0.15, -0.1) is 0 Å². The fourth-order valence-corrected chi connectivity index (χ4v) is 4.01. The Morgan fingerprint density at radius 2 is 1.97 bits per heavy atom. The van der Waals surface area contributed by atoms with Crippen molar-refractivity contribution in [2.24, 2.45) is 0 Å². The first kappa shape index (κ1) is 22.0. The highest BCUT2D eigenvalue weighted by Gasteiger charge is 2.23. The van der Waals surface area contributed by atoms with Crippen LogP contribution in [-0.4, -0.2) is 41.7 Å². The zero-order chi connectivity index (χ0) is 22.7. The molecule has 3 N–H and O–H groups in total. The van der Waals surface area contributed by atoms with Crippen LogP contribution in [0, 0.1) is 6.92 Å². The van der Waals surface area contributed by atoms with Crippen LogP contribution in [0.1, 0.15) is 28.9 Å². The number of anilines is 1. The van der Waals surface area contributed by atoms with Crippen molar-refractivity contribution in [1.82, 2.24) is 9.99 Å². The van der Waals surface area contributed by atoms with E-state index in [0.29, 0.717) is 17.8 Å². The maximum Gasteiger partial charge on any atom is 0.328 e. The molecule has 1 aromatic heterocycles. The fraction of sp³-hybridized carbons (Fsp3) is 0.261. The SMILES string of the molecule is Cc1cccc(NC(=O)c2cc3cc(Br)ccc3n2NC(=O)C(=O)NC[C@H]2CCCO2)c1. The molecule has 1 fully saturated rings. The van der Waals surface area contributed by atoms with E-state index in [1.54, 1.807) is 24.3 Å². The zero-order valence-electron chi connectivity index (χ0n) is 17.5. The minimum Gasteiger partial charge on any atom is -0.376 e. The Kier molecular flexibility index (Phi) is 6.57. The van der Waals surface area contributed by atoms with Crippen LogP contribution < -0.4 is 16.1 Å². The minimum absolute atomic E-state index is 0.0767. The lowest BCUT2D eigenvalue weighted by Crippen LogP contribution is -2.42. The third-order valence-electron chi connectivity index (χ3n) is 5.21. The van der Waals surface area contributed by atoms with Gasteiger partial charge >= 0.3 is 11.8 Å². The number of carbonyl (C=O) groups is 3. The highest BCUT2D eigenvalue weighted by atomic mass is 79.9. The lowest BCUT2D eigenvalue weighted by atomic mass is 10.2. The molecule has 0 aliphatic carbocycles. The molecule has 1 aliphatic heterocycles. The summed E-state index contributed by atoms with van der Waals surface area (Å²) in [4.78, 5) is 37.9. The second kappa shape index (κ2) is 9.54. The molecule has 0 saturated carbocycles. The summed E-state index contributed by atoms with van der Waals surface area (Å²) < 4.78 is 7.63. The summed E-state index contributed by atoms with van der Waals surface area (Å²) in [7, 11) is 0. The van der Waals surface area contributed by atoms with E-state index in [4.69, 9.17) is 4.74 Å². The highest BCUT2D eigenvalue weighted by molar-refractivity contribution is 9.10. The first-order chi connectivity index (χ1) is 15.4.